The van der Waals surface area contributed by atoms with E-state index >= 15 is 0 Å². The van der Waals surface area contributed by atoms with E-state index in [0.717, 1.165) is 26.4 Å². The lowest BCUT2D eigenvalue weighted by Gasteiger charge is -2.08. The number of benzene rings is 2. The van der Waals surface area contributed by atoms with Crippen LogP contribution in [0.2, 0.25) is 0 Å². The van der Waals surface area contributed by atoms with Gasteiger partial charge in [0.1, 0.15) is 0 Å². The minimum atomic E-state index is 0.583. The first-order valence-corrected chi connectivity index (χ1v) is 7.77. The van der Waals surface area contributed by atoms with Crippen LogP contribution in [0.25, 0.3) is 10.2 Å². The van der Waals surface area contributed by atoms with Crippen LogP contribution in [0.1, 0.15) is 5.56 Å². The SMILES string of the molecule is COCc1ccccc1Nc1nc2cc(Br)ccc2s1. The van der Waals surface area contributed by atoms with E-state index < -0.39 is 0 Å². The number of methoxy groups -OCH3 is 1. The van der Waals surface area contributed by atoms with Gasteiger partial charge in [-0.05, 0) is 24.3 Å². The largest absolute Gasteiger partial charge is 0.380 e. The number of aromatic nitrogens is 1. The van der Waals surface area contributed by atoms with Crippen molar-refractivity contribution in [2.24, 2.45) is 0 Å². The summed E-state index contributed by atoms with van der Waals surface area (Å²) in [5, 5.41) is 4.27. The Morgan fingerprint density at radius 1 is 1.25 bits per heavy atom. The first-order valence-electron chi connectivity index (χ1n) is 6.16. The predicted octanol–water partition coefficient (Wildman–Crippen LogP) is 4.95. The molecule has 1 heterocycles. The highest BCUT2D eigenvalue weighted by Crippen LogP contribution is 2.31. The molecule has 0 unspecified atom stereocenters. The van der Waals surface area contributed by atoms with E-state index in [-0.39, 0.29) is 0 Å². The first-order chi connectivity index (χ1) is 9.76. The molecule has 0 aliphatic rings. The summed E-state index contributed by atoms with van der Waals surface area (Å²) in [6.45, 7) is 0.583. The topological polar surface area (TPSA) is 34.1 Å². The second-order valence-electron chi connectivity index (χ2n) is 4.35. The zero-order valence-corrected chi connectivity index (χ0v) is 13.3. The number of nitrogens with one attached hydrogen (secondary N) is 1. The van der Waals surface area contributed by atoms with E-state index in [0.29, 0.717) is 6.61 Å². The smallest absolute Gasteiger partial charge is 0.188 e. The minimum Gasteiger partial charge on any atom is -0.380 e. The molecule has 5 heteroatoms. The fraction of sp³-hybridized carbons (Fsp3) is 0.133. The lowest BCUT2D eigenvalue weighted by atomic mass is 10.2. The molecule has 0 saturated carbocycles. The van der Waals surface area contributed by atoms with Gasteiger partial charge in [0.15, 0.2) is 5.13 Å². The van der Waals surface area contributed by atoms with Gasteiger partial charge in [0.05, 0.1) is 16.8 Å². The molecule has 0 aliphatic heterocycles. The third kappa shape index (κ3) is 2.85. The summed E-state index contributed by atoms with van der Waals surface area (Å²) in [5.74, 6) is 0. The molecule has 3 aromatic rings. The summed E-state index contributed by atoms with van der Waals surface area (Å²) < 4.78 is 7.43. The fourth-order valence-corrected chi connectivity index (χ4v) is 3.20. The van der Waals surface area contributed by atoms with Crippen molar-refractivity contribution in [2.75, 3.05) is 12.4 Å². The average Bonchev–Trinajstić information content (AvgIpc) is 2.82. The number of nitrogens with zero attached hydrogens (tertiary/aromatic N) is 1. The second kappa shape index (κ2) is 5.91. The molecular formula is C15H13BrN2OS. The van der Waals surface area contributed by atoms with Gasteiger partial charge in [-0.15, -0.1) is 0 Å². The van der Waals surface area contributed by atoms with Crippen molar-refractivity contribution in [1.82, 2.24) is 4.98 Å². The van der Waals surface area contributed by atoms with Crippen LogP contribution < -0.4 is 5.32 Å². The average molecular weight is 349 g/mol. The number of ether oxygens (including phenoxy) is 1. The second-order valence-corrected chi connectivity index (χ2v) is 6.29. The van der Waals surface area contributed by atoms with E-state index in [1.165, 1.54) is 4.70 Å². The number of para-hydroxylation sites is 1. The van der Waals surface area contributed by atoms with Crippen molar-refractivity contribution in [3.63, 3.8) is 0 Å². The number of halogens is 1. The van der Waals surface area contributed by atoms with E-state index in [9.17, 15) is 0 Å². The molecule has 0 fully saturated rings. The Balaban J connectivity index is 1.93. The molecule has 0 saturated heterocycles. The van der Waals surface area contributed by atoms with Crippen LogP contribution >= 0.6 is 27.3 Å². The molecule has 2 aromatic carbocycles. The molecular weight excluding hydrogens is 336 g/mol. The molecule has 1 N–H and O–H groups in total. The Morgan fingerprint density at radius 2 is 2.10 bits per heavy atom. The Morgan fingerprint density at radius 3 is 2.95 bits per heavy atom. The molecule has 0 spiro atoms. The van der Waals surface area contributed by atoms with Crippen LogP contribution in [0, 0.1) is 0 Å². The zero-order chi connectivity index (χ0) is 13.9. The molecule has 3 rings (SSSR count). The van der Waals surface area contributed by atoms with Gasteiger partial charge in [-0.2, -0.15) is 0 Å². The van der Waals surface area contributed by atoms with Gasteiger partial charge in [0.25, 0.3) is 0 Å². The van der Waals surface area contributed by atoms with Gasteiger partial charge in [-0.1, -0.05) is 45.5 Å². The fourth-order valence-electron chi connectivity index (χ4n) is 1.99. The Labute approximate surface area is 129 Å². The van der Waals surface area contributed by atoms with Crippen molar-refractivity contribution in [2.45, 2.75) is 6.61 Å². The number of fused-ring (bicyclic) bond motifs is 1. The lowest BCUT2D eigenvalue weighted by Crippen LogP contribution is -1.96. The van der Waals surface area contributed by atoms with Crippen LogP contribution in [-0.2, 0) is 11.3 Å². The molecule has 0 radical (unpaired) electrons. The summed E-state index contributed by atoms with van der Waals surface area (Å²) in [5.41, 5.74) is 3.15. The molecule has 1 aromatic heterocycles. The van der Waals surface area contributed by atoms with Crippen molar-refractivity contribution in [3.8, 4) is 0 Å². The maximum atomic E-state index is 5.22. The van der Waals surface area contributed by atoms with Crippen molar-refractivity contribution < 1.29 is 4.74 Å². The van der Waals surface area contributed by atoms with Crippen molar-refractivity contribution in [1.29, 1.82) is 0 Å². The number of rotatable bonds is 4. The Hall–Kier alpha value is -1.43. The third-order valence-electron chi connectivity index (χ3n) is 2.91. The normalized spacial score (nSPS) is 10.9. The monoisotopic (exact) mass is 348 g/mol. The third-order valence-corrected chi connectivity index (χ3v) is 4.35. The van der Waals surface area contributed by atoms with Crippen LogP contribution in [0.4, 0.5) is 10.8 Å². The molecule has 102 valence electrons. The molecule has 0 atom stereocenters. The van der Waals surface area contributed by atoms with Crippen molar-refractivity contribution >= 4 is 48.3 Å². The van der Waals surface area contributed by atoms with Crippen LogP contribution in [-0.4, -0.2) is 12.1 Å². The van der Waals surface area contributed by atoms with Gasteiger partial charge < -0.3 is 10.1 Å². The predicted molar refractivity (Wildman–Crippen MR) is 87.8 cm³/mol. The highest BCUT2D eigenvalue weighted by molar-refractivity contribution is 9.10. The maximum absolute atomic E-state index is 5.22. The summed E-state index contributed by atoms with van der Waals surface area (Å²) >= 11 is 5.11. The summed E-state index contributed by atoms with van der Waals surface area (Å²) in [6, 6.07) is 14.2. The molecule has 0 bridgehead atoms. The number of hydrogen-bond donors (Lipinski definition) is 1. The van der Waals surface area contributed by atoms with E-state index in [2.05, 4.69) is 38.4 Å². The van der Waals surface area contributed by atoms with Crippen LogP contribution in [0.3, 0.4) is 0 Å². The van der Waals surface area contributed by atoms with E-state index in [1.54, 1.807) is 18.4 Å². The number of anilines is 2. The quantitative estimate of drug-likeness (QED) is 0.724. The molecule has 0 amide bonds. The van der Waals surface area contributed by atoms with Crippen LogP contribution in [0.15, 0.2) is 46.9 Å². The highest BCUT2D eigenvalue weighted by atomic mass is 79.9. The first kappa shape index (κ1) is 13.5. The van der Waals surface area contributed by atoms with Gasteiger partial charge in [-0.3, -0.25) is 0 Å². The minimum absolute atomic E-state index is 0.583. The maximum Gasteiger partial charge on any atom is 0.188 e. The van der Waals surface area contributed by atoms with Crippen molar-refractivity contribution in [3.05, 3.63) is 52.5 Å². The summed E-state index contributed by atoms with van der Waals surface area (Å²) in [6.07, 6.45) is 0. The molecule has 3 nitrogen and oxygen atoms in total. The number of thiazole rings is 1. The number of hydrogen-bond acceptors (Lipinski definition) is 4. The Bertz CT molecular complexity index is 742. The lowest BCUT2D eigenvalue weighted by molar-refractivity contribution is 0.185. The molecule has 0 aliphatic carbocycles. The zero-order valence-electron chi connectivity index (χ0n) is 10.9. The summed E-state index contributed by atoms with van der Waals surface area (Å²) in [4.78, 5) is 4.61. The van der Waals surface area contributed by atoms with Gasteiger partial charge in [0, 0.05) is 22.8 Å². The Kier molecular flexibility index (Phi) is 4.00. The van der Waals surface area contributed by atoms with Gasteiger partial charge in [-0.25, -0.2) is 4.98 Å². The van der Waals surface area contributed by atoms with E-state index in [1.807, 2.05) is 30.3 Å². The van der Waals surface area contributed by atoms with Gasteiger partial charge >= 0.3 is 0 Å². The van der Waals surface area contributed by atoms with Crippen LogP contribution in [0.5, 0.6) is 0 Å². The highest BCUT2D eigenvalue weighted by Gasteiger charge is 2.07. The van der Waals surface area contributed by atoms with E-state index in [4.69, 9.17) is 4.74 Å². The summed E-state index contributed by atoms with van der Waals surface area (Å²) in [7, 11) is 1.70. The molecule has 20 heavy (non-hydrogen) atoms. The standard InChI is InChI=1S/C15H13BrN2OS/c1-19-9-10-4-2-3-5-12(10)17-15-18-13-8-11(16)6-7-14(13)20-15/h2-8H,9H2,1H3,(H,17,18). The van der Waals surface area contributed by atoms with Gasteiger partial charge in [0.2, 0.25) is 0 Å².